The molecule has 1 heterocycles. The van der Waals surface area contributed by atoms with E-state index in [1.54, 1.807) is 14.0 Å². The van der Waals surface area contributed by atoms with Crippen LogP contribution in [0, 0.1) is 5.92 Å². The molecule has 1 amide bonds. The van der Waals surface area contributed by atoms with E-state index < -0.39 is 0 Å². The lowest BCUT2D eigenvalue weighted by Gasteiger charge is -2.29. The fourth-order valence-corrected chi connectivity index (χ4v) is 1.72. The van der Waals surface area contributed by atoms with E-state index in [0.29, 0.717) is 32.1 Å². The van der Waals surface area contributed by atoms with Crippen molar-refractivity contribution in [2.75, 3.05) is 46.5 Å². The third kappa shape index (κ3) is 5.01. The fourth-order valence-electron chi connectivity index (χ4n) is 1.72. The molecule has 0 saturated carbocycles. The van der Waals surface area contributed by atoms with Crippen molar-refractivity contribution in [3.63, 3.8) is 0 Å². The van der Waals surface area contributed by atoms with Crippen molar-refractivity contribution in [1.82, 2.24) is 10.2 Å². The zero-order chi connectivity index (χ0) is 13.4. The fraction of sp³-hybridized carbons (Fsp3) is 0.833. The second kappa shape index (κ2) is 8.05. The van der Waals surface area contributed by atoms with Gasteiger partial charge in [-0.05, 0) is 25.9 Å². The first-order valence-corrected chi connectivity index (χ1v) is 6.30. The van der Waals surface area contributed by atoms with Gasteiger partial charge < -0.3 is 19.7 Å². The van der Waals surface area contributed by atoms with Crippen molar-refractivity contribution in [3.8, 4) is 0 Å². The molecule has 1 rings (SSSR count). The molecule has 1 aliphatic heterocycles. The van der Waals surface area contributed by atoms with Gasteiger partial charge in [0.15, 0.2) is 0 Å². The van der Waals surface area contributed by atoms with E-state index in [9.17, 15) is 9.59 Å². The summed E-state index contributed by atoms with van der Waals surface area (Å²) in [7, 11) is 1.57. The van der Waals surface area contributed by atoms with E-state index >= 15 is 0 Å². The highest BCUT2D eigenvalue weighted by Crippen LogP contribution is 2.10. The average Bonchev–Trinajstić information content (AvgIpc) is 2.29. The summed E-state index contributed by atoms with van der Waals surface area (Å²) in [6.45, 7) is 4.70. The molecule has 0 aromatic carbocycles. The standard InChI is InChI=1S/C12H22N2O4/c1-3-18-12(16)9-14(4-5-17-2)11(15)6-10-7-13-8-10/h10,13H,3-9H2,1-2H3. The van der Waals surface area contributed by atoms with Crippen LogP contribution in [0.2, 0.25) is 0 Å². The predicted octanol–water partition coefficient (Wildman–Crippen LogP) is -0.366. The quantitative estimate of drug-likeness (QED) is 0.602. The van der Waals surface area contributed by atoms with Gasteiger partial charge in [0.2, 0.25) is 5.91 Å². The monoisotopic (exact) mass is 258 g/mol. The molecule has 6 nitrogen and oxygen atoms in total. The molecule has 6 heteroatoms. The smallest absolute Gasteiger partial charge is 0.325 e. The van der Waals surface area contributed by atoms with Gasteiger partial charge in [0, 0.05) is 20.1 Å². The van der Waals surface area contributed by atoms with Gasteiger partial charge in [-0.2, -0.15) is 0 Å². The zero-order valence-electron chi connectivity index (χ0n) is 11.1. The Morgan fingerprint density at radius 1 is 1.39 bits per heavy atom. The van der Waals surface area contributed by atoms with E-state index in [0.717, 1.165) is 13.1 Å². The molecule has 1 fully saturated rings. The summed E-state index contributed by atoms with van der Waals surface area (Å²) >= 11 is 0. The van der Waals surface area contributed by atoms with Crippen molar-refractivity contribution >= 4 is 11.9 Å². The third-order valence-corrected chi connectivity index (χ3v) is 2.87. The summed E-state index contributed by atoms with van der Waals surface area (Å²) in [6.07, 6.45) is 0.482. The van der Waals surface area contributed by atoms with Gasteiger partial charge in [-0.1, -0.05) is 0 Å². The van der Waals surface area contributed by atoms with Crippen LogP contribution >= 0.6 is 0 Å². The molecule has 0 aliphatic carbocycles. The van der Waals surface area contributed by atoms with Gasteiger partial charge in [0.25, 0.3) is 0 Å². The van der Waals surface area contributed by atoms with E-state index in [-0.39, 0.29) is 18.4 Å². The topological polar surface area (TPSA) is 67.9 Å². The minimum atomic E-state index is -0.367. The van der Waals surface area contributed by atoms with Crippen LogP contribution in [0.1, 0.15) is 13.3 Å². The minimum Gasteiger partial charge on any atom is -0.465 e. The first-order valence-electron chi connectivity index (χ1n) is 6.30. The van der Waals surface area contributed by atoms with Crippen LogP contribution in [0.5, 0.6) is 0 Å². The van der Waals surface area contributed by atoms with Crippen LogP contribution < -0.4 is 5.32 Å². The maximum Gasteiger partial charge on any atom is 0.325 e. The molecule has 0 aromatic heterocycles. The normalized spacial score (nSPS) is 15.0. The molecule has 0 radical (unpaired) electrons. The minimum absolute atomic E-state index is 0.00777. The first kappa shape index (κ1) is 14.9. The van der Waals surface area contributed by atoms with Crippen LogP contribution in [-0.2, 0) is 19.1 Å². The van der Waals surface area contributed by atoms with Gasteiger partial charge in [-0.15, -0.1) is 0 Å². The van der Waals surface area contributed by atoms with Crippen LogP contribution in [0.3, 0.4) is 0 Å². The number of hydrogen-bond acceptors (Lipinski definition) is 5. The Hall–Kier alpha value is -1.14. The van der Waals surface area contributed by atoms with E-state index in [1.807, 2.05) is 0 Å². The number of rotatable bonds is 8. The Labute approximate surface area is 108 Å². The summed E-state index contributed by atoms with van der Waals surface area (Å²) < 4.78 is 9.81. The highest BCUT2D eigenvalue weighted by Gasteiger charge is 2.24. The molecule has 0 atom stereocenters. The lowest BCUT2D eigenvalue weighted by molar-refractivity contribution is -0.149. The molecular formula is C12H22N2O4. The summed E-state index contributed by atoms with van der Waals surface area (Å²) in [6, 6.07) is 0. The average molecular weight is 258 g/mol. The highest BCUT2D eigenvalue weighted by atomic mass is 16.5. The number of hydrogen-bond donors (Lipinski definition) is 1. The number of nitrogens with zero attached hydrogens (tertiary/aromatic N) is 1. The van der Waals surface area contributed by atoms with Crippen molar-refractivity contribution in [2.24, 2.45) is 5.92 Å². The predicted molar refractivity (Wildman–Crippen MR) is 66.1 cm³/mol. The van der Waals surface area contributed by atoms with Gasteiger partial charge in [-0.3, -0.25) is 9.59 Å². The molecule has 1 aliphatic rings. The molecule has 18 heavy (non-hydrogen) atoms. The lowest BCUT2D eigenvalue weighted by Crippen LogP contribution is -2.46. The molecule has 0 bridgehead atoms. The summed E-state index contributed by atoms with van der Waals surface area (Å²) in [5, 5.41) is 3.12. The maximum absolute atomic E-state index is 12.0. The van der Waals surface area contributed by atoms with Crippen molar-refractivity contribution in [3.05, 3.63) is 0 Å². The first-order chi connectivity index (χ1) is 8.67. The van der Waals surface area contributed by atoms with E-state index in [1.165, 1.54) is 4.90 Å². The van der Waals surface area contributed by atoms with Crippen LogP contribution in [0.25, 0.3) is 0 Å². The number of esters is 1. The van der Waals surface area contributed by atoms with Crippen LogP contribution in [0.4, 0.5) is 0 Å². The van der Waals surface area contributed by atoms with Gasteiger partial charge in [-0.25, -0.2) is 0 Å². The van der Waals surface area contributed by atoms with Crippen molar-refractivity contribution < 1.29 is 19.1 Å². The van der Waals surface area contributed by atoms with Crippen LogP contribution in [-0.4, -0.2) is 63.3 Å². The SMILES string of the molecule is CCOC(=O)CN(CCOC)C(=O)CC1CNC1. The van der Waals surface area contributed by atoms with Gasteiger partial charge in [0.05, 0.1) is 13.2 Å². The number of carbonyl (C=O) groups excluding carboxylic acids is 2. The number of carbonyl (C=O) groups is 2. The Morgan fingerprint density at radius 3 is 2.61 bits per heavy atom. The second-order valence-corrected chi connectivity index (χ2v) is 4.34. The third-order valence-electron chi connectivity index (χ3n) is 2.87. The number of methoxy groups -OCH3 is 1. The lowest BCUT2D eigenvalue weighted by atomic mass is 9.99. The van der Waals surface area contributed by atoms with Crippen LogP contribution in [0.15, 0.2) is 0 Å². The molecule has 0 spiro atoms. The summed E-state index contributed by atoms with van der Waals surface area (Å²) in [5.74, 6) is 0.0185. The molecule has 1 saturated heterocycles. The molecule has 0 unspecified atom stereocenters. The van der Waals surface area contributed by atoms with Gasteiger partial charge >= 0.3 is 5.97 Å². The Kier molecular flexibility index (Phi) is 6.67. The van der Waals surface area contributed by atoms with Gasteiger partial charge in [0.1, 0.15) is 6.54 Å². The Morgan fingerprint density at radius 2 is 2.11 bits per heavy atom. The Balaban J connectivity index is 2.41. The number of amides is 1. The molecule has 0 aromatic rings. The maximum atomic E-state index is 12.0. The number of ether oxygens (including phenoxy) is 2. The number of nitrogens with one attached hydrogen (secondary N) is 1. The molecular weight excluding hydrogens is 236 g/mol. The summed E-state index contributed by atoms with van der Waals surface area (Å²) in [5.41, 5.74) is 0. The molecule has 104 valence electrons. The summed E-state index contributed by atoms with van der Waals surface area (Å²) in [4.78, 5) is 25.0. The van der Waals surface area contributed by atoms with E-state index in [4.69, 9.17) is 9.47 Å². The molecule has 1 N–H and O–H groups in total. The zero-order valence-corrected chi connectivity index (χ0v) is 11.1. The van der Waals surface area contributed by atoms with Crippen molar-refractivity contribution in [1.29, 1.82) is 0 Å². The Bertz CT molecular complexity index is 279. The highest BCUT2D eigenvalue weighted by molar-refractivity contribution is 5.82. The van der Waals surface area contributed by atoms with Crippen molar-refractivity contribution in [2.45, 2.75) is 13.3 Å². The largest absolute Gasteiger partial charge is 0.465 e. The second-order valence-electron chi connectivity index (χ2n) is 4.34. The van der Waals surface area contributed by atoms with E-state index in [2.05, 4.69) is 5.32 Å².